The first-order chi connectivity index (χ1) is 15.5. The van der Waals surface area contributed by atoms with Crippen molar-refractivity contribution in [2.24, 2.45) is 0 Å². The molecule has 8 nitrogen and oxygen atoms in total. The zero-order chi connectivity index (χ0) is 22.1. The van der Waals surface area contributed by atoms with Crippen LogP contribution >= 0.6 is 23.2 Å². The molecule has 1 fully saturated rings. The Hall–Kier alpha value is -3.23. The zero-order valence-electron chi connectivity index (χ0n) is 16.8. The number of hydrogen-bond acceptors (Lipinski definition) is 7. The van der Waals surface area contributed by atoms with E-state index in [4.69, 9.17) is 37.4 Å². The van der Waals surface area contributed by atoms with E-state index in [-0.39, 0.29) is 12.7 Å². The van der Waals surface area contributed by atoms with E-state index in [1.807, 2.05) is 9.80 Å². The van der Waals surface area contributed by atoms with Crippen molar-refractivity contribution in [2.45, 2.75) is 0 Å². The Balaban J connectivity index is 1.23. The van der Waals surface area contributed by atoms with Gasteiger partial charge in [-0.15, -0.1) is 0 Å². The standard InChI is InChI=1S/C22H18Cl2N4O4/c23-15-10-16(24)12-17(11-15)32-20-3-4-25-22(26-20)28-7-5-27(6-8-28)21(29)14-1-2-18-19(9-14)31-13-30-18/h1-4,9-12H,5-8,13H2. The molecule has 0 aliphatic carbocycles. The molecule has 0 bridgehead atoms. The molecule has 3 aromatic rings. The summed E-state index contributed by atoms with van der Waals surface area (Å²) in [5.41, 5.74) is 0.578. The summed E-state index contributed by atoms with van der Waals surface area (Å²) in [6.45, 7) is 2.47. The van der Waals surface area contributed by atoms with E-state index < -0.39 is 0 Å². The fourth-order valence-electron chi connectivity index (χ4n) is 3.57. The number of nitrogens with zero attached hydrogens (tertiary/aromatic N) is 4. The van der Waals surface area contributed by atoms with Crippen molar-refractivity contribution >= 4 is 35.1 Å². The van der Waals surface area contributed by atoms with Crippen LogP contribution in [-0.4, -0.2) is 53.7 Å². The van der Waals surface area contributed by atoms with Crippen molar-refractivity contribution < 1.29 is 19.0 Å². The van der Waals surface area contributed by atoms with Crippen LogP contribution in [0.1, 0.15) is 10.4 Å². The highest BCUT2D eigenvalue weighted by Gasteiger charge is 2.25. The molecular formula is C22H18Cl2N4O4. The molecule has 164 valence electrons. The summed E-state index contributed by atoms with van der Waals surface area (Å²) in [6, 6.07) is 11.9. The van der Waals surface area contributed by atoms with Gasteiger partial charge in [-0.1, -0.05) is 23.2 Å². The molecule has 2 aliphatic heterocycles. The lowest BCUT2D eigenvalue weighted by molar-refractivity contribution is 0.0745. The van der Waals surface area contributed by atoms with Gasteiger partial charge in [0.25, 0.3) is 5.91 Å². The molecule has 32 heavy (non-hydrogen) atoms. The molecule has 2 aliphatic rings. The average Bonchev–Trinajstić information content (AvgIpc) is 3.26. The van der Waals surface area contributed by atoms with E-state index in [0.29, 0.717) is 70.9 Å². The quantitative estimate of drug-likeness (QED) is 0.560. The molecule has 3 heterocycles. The summed E-state index contributed by atoms with van der Waals surface area (Å²) in [5, 5.41) is 0.954. The molecule has 0 saturated carbocycles. The summed E-state index contributed by atoms with van der Waals surface area (Å²) >= 11 is 12.1. The number of ether oxygens (including phenoxy) is 3. The van der Waals surface area contributed by atoms with Gasteiger partial charge >= 0.3 is 0 Å². The molecule has 2 aromatic carbocycles. The lowest BCUT2D eigenvalue weighted by atomic mass is 10.1. The first-order valence-corrected chi connectivity index (χ1v) is 10.7. The van der Waals surface area contributed by atoms with Gasteiger partial charge in [0.05, 0.1) is 0 Å². The van der Waals surface area contributed by atoms with Crippen LogP contribution in [0.25, 0.3) is 0 Å². The molecule has 5 rings (SSSR count). The molecule has 0 N–H and O–H groups in total. The second-order valence-corrected chi connectivity index (χ2v) is 8.12. The van der Waals surface area contributed by atoms with Gasteiger partial charge in [0.1, 0.15) is 5.75 Å². The van der Waals surface area contributed by atoms with Crippen LogP contribution in [-0.2, 0) is 0 Å². The second kappa shape index (κ2) is 8.72. The highest BCUT2D eigenvalue weighted by Crippen LogP contribution is 2.33. The Labute approximate surface area is 194 Å². The van der Waals surface area contributed by atoms with Crippen molar-refractivity contribution in [2.75, 3.05) is 37.9 Å². The topological polar surface area (TPSA) is 77.0 Å². The number of piperazine rings is 1. The van der Waals surface area contributed by atoms with Crippen LogP contribution in [0.4, 0.5) is 5.95 Å². The minimum Gasteiger partial charge on any atom is -0.454 e. The fourth-order valence-corrected chi connectivity index (χ4v) is 4.08. The van der Waals surface area contributed by atoms with Gasteiger partial charge in [0.15, 0.2) is 11.5 Å². The molecule has 0 atom stereocenters. The van der Waals surface area contributed by atoms with E-state index in [0.717, 1.165) is 0 Å². The molecule has 0 radical (unpaired) electrons. The highest BCUT2D eigenvalue weighted by atomic mass is 35.5. The van der Waals surface area contributed by atoms with Gasteiger partial charge in [-0.3, -0.25) is 4.79 Å². The molecular weight excluding hydrogens is 455 g/mol. The zero-order valence-corrected chi connectivity index (χ0v) is 18.3. The third-order valence-corrected chi connectivity index (χ3v) is 5.58. The van der Waals surface area contributed by atoms with E-state index in [1.165, 1.54) is 0 Å². The lowest BCUT2D eigenvalue weighted by Crippen LogP contribution is -2.49. The Morgan fingerprint density at radius 2 is 1.69 bits per heavy atom. The summed E-state index contributed by atoms with van der Waals surface area (Å²) in [6.07, 6.45) is 1.63. The maximum atomic E-state index is 12.9. The highest BCUT2D eigenvalue weighted by molar-refractivity contribution is 6.34. The molecule has 0 spiro atoms. The van der Waals surface area contributed by atoms with Gasteiger partial charge in [0, 0.05) is 54.1 Å². The number of hydrogen-bond donors (Lipinski definition) is 0. The first-order valence-electron chi connectivity index (χ1n) is 9.96. The number of rotatable bonds is 4. The SMILES string of the molecule is O=C(c1ccc2c(c1)OCO2)N1CCN(c2nccc(Oc3cc(Cl)cc(Cl)c3)n2)CC1. The molecule has 1 saturated heterocycles. The average molecular weight is 473 g/mol. The number of carbonyl (C=O) groups is 1. The van der Waals surface area contributed by atoms with Crippen LogP contribution in [0.15, 0.2) is 48.7 Å². The smallest absolute Gasteiger partial charge is 0.254 e. The van der Waals surface area contributed by atoms with Crippen molar-refractivity contribution in [3.05, 3.63) is 64.3 Å². The second-order valence-electron chi connectivity index (χ2n) is 7.25. The van der Waals surface area contributed by atoms with Crippen LogP contribution in [0.2, 0.25) is 10.0 Å². The van der Waals surface area contributed by atoms with Crippen molar-refractivity contribution in [1.82, 2.24) is 14.9 Å². The summed E-state index contributed by atoms with van der Waals surface area (Å²) in [5.74, 6) is 2.62. The molecule has 1 aromatic heterocycles. The summed E-state index contributed by atoms with van der Waals surface area (Å²) < 4.78 is 16.5. The van der Waals surface area contributed by atoms with Gasteiger partial charge in [-0.05, 0) is 36.4 Å². The predicted octanol–water partition coefficient (Wildman–Crippen LogP) is 4.27. The van der Waals surface area contributed by atoms with Gasteiger partial charge in [0.2, 0.25) is 18.6 Å². The van der Waals surface area contributed by atoms with Crippen LogP contribution < -0.4 is 19.1 Å². The number of aromatic nitrogens is 2. The van der Waals surface area contributed by atoms with Crippen LogP contribution in [0, 0.1) is 0 Å². The van der Waals surface area contributed by atoms with Crippen LogP contribution in [0.3, 0.4) is 0 Å². The van der Waals surface area contributed by atoms with E-state index in [1.54, 1.807) is 48.7 Å². The Morgan fingerprint density at radius 1 is 0.938 bits per heavy atom. The third kappa shape index (κ3) is 4.37. The molecule has 1 amide bonds. The van der Waals surface area contributed by atoms with Crippen molar-refractivity contribution in [1.29, 1.82) is 0 Å². The fraction of sp³-hybridized carbons (Fsp3) is 0.227. The Kier molecular flexibility index (Phi) is 5.63. The minimum atomic E-state index is -0.0428. The number of carbonyl (C=O) groups excluding carboxylic acids is 1. The number of amides is 1. The van der Waals surface area contributed by atoms with E-state index >= 15 is 0 Å². The normalized spacial score (nSPS) is 15.1. The minimum absolute atomic E-state index is 0.0428. The van der Waals surface area contributed by atoms with Crippen LogP contribution in [0.5, 0.6) is 23.1 Å². The first kappa shape index (κ1) is 20.7. The number of anilines is 1. The molecule has 0 unspecified atom stereocenters. The number of fused-ring (bicyclic) bond motifs is 1. The number of benzene rings is 2. The van der Waals surface area contributed by atoms with E-state index in [2.05, 4.69) is 9.97 Å². The summed E-state index contributed by atoms with van der Waals surface area (Å²) in [7, 11) is 0. The van der Waals surface area contributed by atoms with Gasteiger partial charge in [-0.2, -0.15) is 4.98 Å². The summed E-state index contributed by atoms with van der Waals surface area (Å²) in [4.78, 5) is 25.6. The maximum Gasteiger partial charge on any atom is 0.254 e. The monoisotopic (exact) mass is 472 g/mol. The number of halogens is 2. The van der Waals surface area contributed by atoms with Gasteiger partial charge in [-0.25, -0.2) is 4.98 Å². The third-order valence-electron chi connectivity index (χ3n) is 5.15. The van der Waals surface area contributed by atoms with Crippen molar-refractivity contribution in [3.8, 4) is 23.1 Å². The molecule has 10 heteroatoms. The van der Waals surface area contributed by atoms with Gasteiger partial charge < -0.3 is 24.0 Å². The Bertz CT molecular complexity index is 1150. The van der Waals surface area contributed by atoms with E-state index in [9.17, 15) is 4.79 Å². The van der Waals surface area contributed by atoms with Crippen molar-refractivity contribution in [3.63, 3.8) is 0 Å². The predicted molar refractivity (Wildman–Crippen MR) is 119 cm³/mol. The Morgan fingerprint density at radius 3 is 2.47 bits per heavy atom. The lowest BCUT2D eigenvalue weighted by Gasteiger charge is -2.34. The maximum absolute atomic E-state index is 12.9. The largest absolute Gasteiger partial charge is 0.454 e.